The van der Waals surface area contributed by atoms with Crippen molar-refractivity contribution in [3.63, 3.8) is 0 Å². The second-order valence-electron chi connectivity index (χ2n) is 6.18. The lowest BCUT2D eigenvalue weighted by molar-refractivity contribution is -0.136. The molecule has 2 amide bonds. The normalized spacial score (nSPS) is 11.8. The number of rotatable bonds is 6. The maximum atomic E-state index is 12.2. The van der Waals surface area contributed by atoms with Crippen molar-refractivity contribution in [1.82, 2.24) is 5.32 Å². The number of anilines is 1. The van der Waals surface area contributed by atoms with E-state index in [4.69, 9.17) is 0 Å². The van der Waals surface area contributed by atoms with Crippen LogP contribution in [0.15, 0.2) is 54.6 Å². The summed E-state index contributed by atoms with van der Waals surface area (Å²) in [6.45, 7) is 4.09. The predicted molar refractivity (Wildman–Crippen MR) is 98.2 cm³/mol. The number of aliphatic hydroxyl groups excluding tert-OH is 1. The zero-order valence-corrected chi connectivity index (χ0v) is 14.5. The van der Waals surface area contributed by atoms with E-state index in [1.807, 2.05) is 42.5 Å². The fourth-order valence-corrected chi connectivity index (χ4v) is 2.50. The highest BCUT2D eigenvalue weighted by Gasteiger charge is 2.19. The molecule has 1 atom stereocenters. The number of amides is 2. The Kier molecular flexibility index (Phi) is 6.71. The number of benzene rings is 2. The molecule has 2 rings (SSSR count). The maximum Gasteiger partial charge on any atom is 0.313 e. The smallest absolute Gasteiger partial charge is 0.313 e. The van der Waals surface area contributed by atoms with Crippen LogP contribution >= 0.6 is 0 Å². The molecule has 0 bridgehead atoms. The lowest BCUT2D eigenvalue weighted by Crippen LogP contribution is -2.38. The SMILES string of the molecule is CC(C)c1ccc(NC(=O)C(=O)NC(CCO)c2ccccc2)cc1. The molecule has 0 aliphatic rings. The molecule has 2 aromatic carbocycles. The summed E-state index contributed by atoms with van der Waals surface area (Å²) >= 11 is 0. The summed E-state index contributed by atoms with van der Waals surface area (Å²) in [6, 6.07) is 16.3. The predicted octanol–water partition coefficient (Wildman–Crippen LogP) is 2.99. The van der Waals surface area contributed by atoms with E-state index in [0.717, 1.165) is 11.1 Å². The van der Waals surface area contributed by atoms with Gasteiger partial charge in [-0.1, -0.05) is 56.3 Å². The van der Waals surface area contributed by atoms with E-state index in [9.17, 15) is 14.7 Å². The molecule has 2 aromatic rings. The number of carbonyl (C=O) groups is 2. The van der Waals surface area contributed by atoms with Crippen molar-refractivity contribution in [3.05, 3.63) is 65.7 Å². The van der Waals surface area contributed by atoms with Gasteiger partial charge in [0.25, 0.3) is 0 Å². The topological polar surface area (TPSA) is 78.4 Å². The lowest BCUT2D eigenvalue weighted by Gasteiger charge is -2.18. The number of carbonyl (C=O) groups excluding carboxylic acids is 2. The van der Waals surface area contributed by atoms with Gasteiger partial charge in [0.2, 0.25) is 0 Å². The molecule has 3 N–H and O–H groups in total. The van der Waals surface area contributed by atoms with Crippen LogP contribution < -0.4 is 10.6 Å². The van der Waals surface area contributed by atoms with Crippen LogP contribution in [-0.4, -0.2) is 23.5 Å². The summed E-state index contributed by atoms with van der Waals surface area (Å²) in [7, 11) is 0. The standard InChI is InChI=1S/C20H24N2O3/c1-14(2)15-8-10-17(11-9-15)21-19(24)20(25)22-18(12-13-23)16-6-4-3-5-7-16/h3-11,14,18,23H,12-13H2,1-2H3,(H,21,24)(H,22,25). The van der Waals surface area contributed by atoms with Gasteiger partial charge in [-0.3, -0.25) is 9.59 Å². The van der Waals surface area contributed by atoms with E-state index in [1.165, 1.54) is 0 Å². The Morgan fingerprint density at radius 2 is 1.56 bits per heavy atom. The van der Waals surface area contributed by atoms with Crippen LogP contribution in [0.3, 0.4) is 0 Å². The molecule has 0 aliphatic heterocycles. The molecule has 0 heterocycles. The van der Waals surface area contributed by atoms with Crippen molar-refractivity contribution >= 4 is 17.5 Å². The lowest BCUT2D eigenvalue weighted by atomic mass is 10.0. The summed E-state index contributed by atoms with van der Waals surface area (Å²) < 4.78 is 0. The van der Waals surface area contributed by atoms with Gasteiger partial charge in [0, 0.05) is 12.3 Å². The highest BCUT2D eigenvalue weighted by molar-refractivity contribution is 6.39. The molecule has 5 heteroatoms. The van der Waals surface area contributed by atoms with E-state index >= 15 is 0 Å². The first kappa shape index (κ1) is 18.7. The summed E-state index contributed by atoms with van der Waals surface area (Å²) in [4.78, 5) is 24.3. The second kappa shape index (κ2) is 8.99. The molecule has 1 unspecified atom stereocenters. The minimum atomic E-state index is -0.727. The number of nitrogens with one attached hydrogen (secondary N) is 2. The fraction of sp³-hybridized carbons (Fsp3) is 0.300. The Morgan fingerprint density at radius 3 is 2.12 bits per heavy atom. The van der Waals surface area contributed by atoms with E-state index in [1.54, 1.807) is 12.1 Å². The van der Waals surface area contributed by atoms with Gasteiger partial charge < -0.3 is 15.7 Å². The zero-order chi connectivity index (χ0) is 18.2. The Bertz CT molecular complexity index is 697. The second-order valence-corrected chi connectivity index (χ2v) is 6.18. The summed E-state index contributed by atoms with van der Waals surface area (Å²) in [5.74, 6) is -1.05. The average Bonchev–Trinajstić information content (AvgIpc) is 2.62. The Hall–Kier alpha value is -2.66. The Labute approximate surface area is 148 Å². The molecule has 0 aliphatic carbocycles. The van der Waals surface area contributed by atoms with Crippen LogP contribution in [0.1, 0.15) is 43.4 Å². The first-order valence-corrected chi connectivity index (χ1v) is 8.39. The number of hydrogen-bond acceptors (Lipinski definition) is 3. The van der Waals surface area contributed by atoms with E-state index in [-0.39, 0.29) is 6.61 Å². The molecule has 25 heavy (non-hydrogen) atoms. The number of hydrogen-bond donors (Lipinski definition) is 3. The van der Waals surface area contributed by atoms with Gasteiger partial charge >= 0.3 is 11.8 Å². The summed E-state index contributed by atoms with van der Waals surface area (Å²) in [5, 5.41) is 14.5. The first-order chi connectivity index (χ1) is 12.0. The van der Waals surface area contributed by atoms with Gasteiger partial charge in [-0.2, -0.15) is 0 Å². The van der Waals surface area contributed by atoms with E-state index in [0.29, 0.717) is 18.0 Å². The molecule has 5 nitrogen and oxygen atoms in total. The molecule has 0 fully saturated rings. The molecule has 0 saturated carbocycles. The van der Waals surface area contributed by atoms with Crippen molar-refractivity contribution in [2.24, 2.45) is 0 Å². The van der Waals surface area contributed by atoms with E-state index in [2.05, 4.69) is 24.5 Å². The minimum Gasteiger partial charge on any atom is -0.396 e. The number of aliphatic hydroxyl groups is 1. The van der Waals surface area contributed by atoms with Crippen LogP contribution in [-0.2, 0) is 9.59 Å². The average molecular weight is 340 g/mol. The zero-order valence-electron chi connectivity index (χ0n) is 14.5. The van der Waals surface area contributed by atoms with Gasteiger partial charge in [-0.15, -0.1) is 0 Å². The first-order valence-electron chi connectivity index (χ1n) is 8.39. The third-order valence-electron chi connectivity index (χ3n) is 3.97. The van der Waals surface area contributed by atoms with Crippen LogP contribution in [0, 0.1) is 0 Å². The largest absolute Gasteiger partial charge is 0.396 e. The van der Waals surface area contributed by atoms with Gasteiger partial charge in [0.15, 0.2) is 0 Å². The molecule has 0 saturated heterocycles. The van der Waals surface area contributed by atoms with E-state index < -0.39 is 17.9 Å². The molecular weight excluding hydrogens is 316 g/mol. The highest BCUT2D eigenvalue weighted by Crippen LogP contribution is 2.18. The Morgan fingerprint density at radius 1 is 0.920 bits per heavy atom. The van der Waals surface area contributed by atoms with Crippen LogP contribution in [0.5, 0.6) is 0 Å². The van der Waals surface area contributed by atoms with Crippen molar-refractivity contribution in [1.29, 1.82) is 0 Å². The molecule has 132 valence electrons. The highest BCUT2D eigenvalue weighted by atomic mass is 16.3. The molecule has 0 aromatic heterocycles. The third-order valence-corrected chi connectivity index (χ3v) is 3.97. The van der Waals surface area contributed by atoms with Crippen molar-refractivity contribution in [3.8, 4) is 0 Å². The van der Waals surface area contributed by atoms with Crippen LogP contribution in [0.2, 0.25) is 0 Å². The molecule has 0 radical (unpaired) electrons. The summed E-state index contributed by atoms with van der Waals surface area (Å²) in [6.07, 6.45) is 0.339. The monoisotopic (exact) mass is 340 g/mol. The molecule has 0 spiro atoms. The van der Waals surface area contributed by atoms with Crippen molar-refractivity contribution < 1.29 is 14.7 Å². The van der Waals surface area contributed by atoms with Crippen LogP contribution in [0.25, 0.3) is 0 Å². The van der Waals surface area contributed by atoms with Gasteiger partial charge in [-0.05, 0) is 35.6 Å². The quantitative estimate of drug-likeness (QED) is 0.707. The maximum absolute atomic E-state index is 12.2. The van der Waals surface area contributed by atoms with Gasteiger partial charge in [-0.25, -0.2) is 0 Å². The third kappa shape index (κ3) is 5.43. The van der Waals surface area contributed by atoms with Crippen molar-refractivity contribution in [2.75, 3.05) is 11.9 Å². The minimum absolute atomic E-state index is 0.0852. The van der Waals surface area contributed by atoms with Gasteiger partial charge in [0.05, 0.1) is 6.04 Å². The Balaban J connectivity index is 1.99. The van der Waals surface area contributed by atoms with Crippen LogP contribution in [0.4, 0.5) is 5.69 Å². The van der Waals surface area contributed by atoms with Gasteiger partial charge in [0.1, 0.15) is 0 Å². The fourth-order valence-electron chi connectivity index (χ4n) is 2.50. The summed E-state index contributed by atoms with van der Waals surface area (Å²) in [5.41, 5.74) is 2.58. The molecular formula is C20H24N2O3. The van der Waals surface area contributed by atoms with Crippen molar-refractivity contribution in [2.45, 2.75) is 32.2 Å².